The van der Waals surface area contributed by atoms with Crippen molar-refractivity contribution >= 4 is 10.0 Å². The number of nitrogens with two attached hydrogens (primary N) is 1. The minimum Gasteiger partial charge on any atom is -0.330 e. The van der Waals surface area contributed by atoms with Crippen LogP contribution in [0.4, 0.5) is 0 Å². The molecule has 1 heterocycles. The maximum atomic E-state index is 12.6. The highest BCUT2D eigenvalue weighted by atomic mass is 32.2. The lowest BCUT2D eigenvalue weighted by Crippen LogP contribution is -2.35. The normalized spacial score (nSPS) is 20.8. The van der Waals surface area contributed by atoms with E-state index < -0.39 is 10.0 Å². The Labute approximate surface area is 115 Å². The van der Waals surface area contributed by atoms with Gasteiger partial charge in [0.1, 0.15) is 0 Å². The van der Waals surface area contributed by atoms with Gasteiger partial charge < -0.3 is 5.73 Å². The molecule has 0 bridgehead atoms. The maximum absolute atomic E-state index is 12.6. The molecule has 0 amide bonds. The van der Waals surface area contributed by atoms with Gasteiger partial charge in [0.2, 0.25) is 10.0 Å². The predicted molar refractivity (Wildman–Crippen MR) is 76.4 cm³/mol. The van der Waals surface area contributed by atoms with Crippen LogP contribution >= 0.6 is 0 Å². The Kier molecular flexibility index (Phi) is 4.60. The van der Waals surface area contributed by atoms with E-state index in [1.54, 1.807) is 16.4 Å². The molecule has 0 aliphatic carbocycles. The lowest BCUT2D eigenvalue weighted by molar-refractivity contribution is 0.365. The lowest BCUT2D eigenvalue weighted by atomic mass is 10.1. The molecule has 1 aliphatic heterocycles. The SMILES string of the molecule is Cc1ccc(S(=O)(=O)N2CCC[C@H]2CCCN)cc1. The van der Waals surface area contributed by atoms with Crippen molar-refractivity contribution in [1.29, 1.82) is 0 Å². The first-order chi connectivity index (χ1) is 9.05. The van der Waals surface area contributed by atoms with Gasteiger partial charge in [0.05, 0.1) is 4.90 Å². The Bertz CT molecular complexity index is 511. The summed E-state index contributed by atoms with van der Waals surface area (Å²) in [5, 5.41) is 0. The molecule has 0 radical (unpaired) electrons. The molecule has 19 heavy (non-hydrogen) atoms. The highest BCUT2D eigenvalue weighted by molar-refractivity contribution is 7.89. The van der Waals surface area contributed by atoms with Gasteiger partial charge in [-0.2, -0.15) is 4.31 Å². The molecule has 0 spiro atoms. The molecule has 0 saturated carbocycles. The van der Waals surface area contributed by atoms with Crippen LogP contribution in [0, 0.1) is 6.92 Å². The fourth-order valence-corrected chi connectivity index (χ4v) is 4.34. The molecule has 2 N–H and O–H groups in total. The molecule has 4 nitrogen and oxygen atoms in total. The second-order valence-corrected chi connectivity index (χ2v) is 7.05. The molecular weight excluding hydrogens is 260 g/mol. The Hall–Kier alpha value is -0.910. The average molecular weight is 282 g/mol. The van der Waals surface area contributed by atoms with Crippen LogP contribution in [0.5, 0.6) is 0 Å². The van der Waals surface area contributed by atoms with E-state index in [0.29, 0.717) is 18.0 Å². The van der Waals surface area contributed by atoms with E-state index in [0.717, 1.165) is 31.2 Å². The third kappa shape index (κ3) is 3.16. The number of rotatable bonds is 5. The van der Waals surface area contributed by atoms with Gasteiger partial charge in [-0.15, -0.1) is 0 Å². The quantitative estimate of drug-likeness (QED) is 0.897. The summed E-state index contributed by atoms with van der Waals surface area (Å²) in [4.78, 5) is 0.401. The fraction of sp³-hybridized carbons (Fsp3) is 0.571. The van der Waals surface area contributed by atoms with E-state index in [4.69, 9.17) is 5.73 Å². The minimum absolute atomic E-state index is 0.120. The lowest BCUT2D eigenvalue weighted by Gasteiger charge is -2.24. The van der Waals surface area contributed by atoms with E-state index in [1.807, 2.05) is 19.1 Å². The summed E-state index contributed by atoms with van der Waals surface area (Å²) in [5.74, 6) is 0. The van der Waals surface area contributed by atoms with Crippen molar-refractivity contribution in [2.75, 3.05) is 13.1 Å². The molecule has 5 heteroatoms. The number of nitrogens with zero attached hydrogens (tertiary/aromatic N) is 1. The van der Waals surface area contributed by atoms with E-state index >= 15 is 0 Å². The third-order valence-corrected chi connectivity index (χ3v) is 5.66. The summed E-state index contributed by atoms with van der Waals surface area (Å²) in [6, 6.07) is 7.21. The Morgan fingerprint density at radius 2 is 2.00 bits per heavy atom. The number of hydrogen-bond donors (Lipinski definition) is 1. The molecule has 1 saturated heterocycles. The fourth-order valence-electron chi connectivity index (χ4n) is 2.61. The number of sulfonamides is 1. The number of aryl methyl sites for hydroxylation is 1. The van der Waals surface area contributed by atoms with E-state index in [1.165, 1.54) is 0 Å². The topological polar surface area (TPSA) is 63.4 Å². The van der Waals surface area contributed by atoms with Crippen molar-refractivity contribution in [3.8, 4) is 0 Å². The van der Waals surface area contributed by atoms with Crippen molar-refractivity contribution in [3.05, 3.63) is 29.8 Å². The standard InChI is InChI=1S/C14H22N2O2S/c1-12-6-8-14(9-7-12)19(17,18)16-11-3-5-13(16)4-2-10-15/h6-9,13H,2-5,10-11,15H2,1H3/t13-/m1/s1. The van der Waals surface area contributed by atoms with Gasteiger partial charge in [-0.3, -0.25) is 0 Å². The molecular formula is C14H22N2O2S. The van der Waals surface area contributed by atoms with Crippen molar-refractivity contribution in [2.45, 2.75) is 43.5 Å². The Balaban J connectivity index is 2.21. The largest absolute Gasteiger partial charge is 0.330 e. The van der Waals surface area contributed by atoms with Crippen LogP contribution < -0.4 is 5.73 Å². The highest BCUT2D eigenvalue weighted by Crippen LogP contribution is 2.28. The molecule has 1 atom stereocenters. The molecule has 0 unspecified atom stereocenters. The highest BCUT2D eigenvalue weighted by Gasteiger charge is 2.34. The van der Waals surface area contributed by atoms with Gasteiger partial charge in [0.15, 0.2) is 0 Å². The summed E-state index contributed by atoms with van der Waals surface area (Å²) < 4.78 is 26.9. The van der Waals surface area contributed by atoms with Gasteiger partial charge in [-0.1, -0.05) is 17.7 Å². The van der Waals surface area contributed by atoms with Crippen LogP contribution in [-0.4, -0.2) is 31.9 Å². The van der Waals surface area contributed by atoms with Crippen LogP contribution in [0.2, 0.25) is 0 Å². The predicted octanol–water partition coefficient (Wildman–Crippen LogP) is 1.89. The zero-order chi connectivity index (χ0) is 13.9. The molecule has 1 aromatic rings. The zero-order valence-electron chi connectivity index (χ0n) is 11.4. The van der Waals surface area contributed by atoms with E-state index in [9.17, 15) is 8.42 Å². The first kappa shape index (κ1) is 14.5. The van der Waals surface area contributed by atoms with E-state index in [2.05, 4.69) is 0 Å². The van der Waals surface area contributed by atoms with E-state index in [-0.39, 0.29) is 6.04 Å². The third-order valence-electron chi connectivity index (χ3n) is 3.69. The van der Waals surface area contributed by atoms with Gasteiger partial charge in [-0.25, -0.2) is 8.42 Å². The number of hydrogen-bond acceptors (Lipinski definition) is 3. The van der Waals surface area contributed by atoms with Crippen LogP contribution in [0.1, 0.15) is 31.2 Å². The van der Waals surface area contributed by atoms with Crippen molar-refractivity contribution in [2.24, 2.45) is 5.73 Å². The van der Waals surface area contributed by atoms with Crippen LogP contribution in [0.15, 0.2) is 29.2 Å². The second kappa shape index (κ2) is 6.03. The smallest absolute Gasteiger partial charge is 0.243 e. The molecule has 106 valence electrons. The maximum Gasteiger partial charge on any atom is 0.243 e. The first-order valence-electron chi connectivity index (χ1n) is 6.84. The summed E-state index contributed by atoms with van der Waals surface area (Å²) in [7, 11) is -3.34. The minimum atomic E-state index is -3.34. The second-order valence-electron chi connectivity index (χ2n) is 5.16. The molecule has 2 rings (SSSR count). The van der Waals surface area contributed by atoms with Crippen molar-refractivity contribution in [3.63, 3.8) is 0 Å². The Morgan fingerprint density at radius 3 is 2.63 bits per heavy atom. The van der Waals surface area contributed by atoms with Crippen LogP contribution in [-0.2, 0) is 10.0 Å². The summed E-state index contributed by atoms with van der Waals surface area (Å²) in [6.07, 6.45) is 3.64. The summed E-state index contributed by atoms with van der Waals surface area (Å²) >= 11 is 0. The molecule has 1 aliphatic rings. The average Bonchev–Trinajstić information content (AvgIpc) is 2.86. The molecule has 1 aromatic carbocycles. The van der Waals surface area contributed by atoms with Gasteiger partial charge in [0.25, 0.3) is 0 Å². The monoisotopic (exact) mass is 282 g/mol. The van der Waals surface area contributed by atoms with Gasteiger partial charge >= 0.3 is 0 Å². The van der Waals surface area contributed by atoms with Gasteiger partial charge in [0, 0.05) is 12.6 Å². The molecule has 1 fully saturated rings. The van der Waals surface area contributed by atoms with Gasteiger partial charge in [-0.05, 0) is 51.3 Å². The summed E-state index contributed by atoms with van der Waals surface area (Å²) in [6.45, 7) is 3.21. The molecule has 0 aromatic heterocycles. The number of benzene rings is 1. The summed E-state index contributed by atoms with van der Waals surface area (Å²) in [5.41, 5.74) is 6.59. The zero-order valence-corrected chi connectivity index (χ0v) is 12.2. The first-order valence-corrected chi connectivity index (χ1v) is 8.28. The van der Waals surface area contributed by atoms with Crippen molar-refractivity contribution < 1.29 is 8.42 Å². The van der Waals surface area contributed by atoms with Crippen LogP contribution in [0.3, 0.4) is 0 Å². The Morgan fingerprint density at radius 1 is 1.32 bits per heavy atom. The van der Waals surface area contributed by atoms with Crippen molar-refractivity contribution in [1.82, 2.24) is 4.31 Å². The van der Waals surface area contributed by atoms with Crippen LogP contribution in [0.25, 0.3) is 0 Å².